The van der Waals surface area contributed by atoms with Crippen LogP contribution in [0.2, 0.25) is 5.02 Å². The number of hydrogen-bond donors (Lipinski definition) is 5. The summed E-state index contributed by atoms with van der Waals surface area (Å²) in [6, 6.07) is 10.4. The van der Waals surface area contributed by atoms with E-state index in [1.54, 1.807) is 6.20 Å². The van der Waals surface area contributed by atoms with Gasteiger partial charge >= 0.3 is 0 Å². The van der Waals surface area contributed by atoms with Crippen LogP contribution in [0.25, 0.3) is 0 Å². The Balaban J connectivity index is 1.26. The van der Waals surface area contributed by atoms with Crippen LogP contribution >= 0.6 is 11.6 Å². The molecule has 4 fully saturated rings. The first-order valence-electron chi connectivity index (χ1n) is 15.4. The van der Waals surface area contributed by atoms with Crippen molar-refractivity contribution in [1.82, 2.24) is 14.9 Å². The summed E-state index contributed by atoms with van der Waals surface area (Å²) in [5.41, 5.74) is 1.56. The number of aliphatic hydroxyl groups excluding tert-OH is 3. The highest BCUT2D eigenvalue weighted by Crippen LogP contribution is 2.61. The van der Waals surface area contributed by atoms with E-state index in [1.807, 2.05) is 24.3 Å². The predicted molar refractivity (Wildman–Crippen MR) is 164 cm³/mol. The van der Waals surface area contributed by atoms with Crippen molar-refractivity contribution in [3.63, 3.8) is 0 Å². The maximum atomic E-state index is 10.1. The van der Waals surface area contributed by atoms with Gasteiger partial charge in [-0.15, -0.1) is 0 Å². The summed E-state index contributed by atoms with van der Waals surface area (Å²) in [4.78, 5) is 11.6. The van der Waals surface area contributed by atoms with Crippen LogP contribution in [0.4, 0.5) is 11.8 Å². The van der Waals surface area contributed by atoms with Gasteiger partial charge in [0, 0.05) is 37.3 Å². The molecule has 1 aromatic carbocycles. The van der Waals surface area contributed by atoms with Crippen LogP contribution in [0.3, 0.4) is 0 Å². The average Bonchev–Trinajstić information content (AvgIpc) is 2.99. The Hall–Kier alpha value is -2.48. The van der Waals surface area contributed by atoms with Crippen molar-refractivity contribution in [1.29, 1.82) is 5.26 Å². The van der Waals surface area contributed by atoms with Crippen LogP contribution < -0.4 is 10.6 Å². The SMILES string of the molecule is C[C@H](CO)CCN(CC[C@H](O)CO)[C@@H]1[C@@H]2CC3C[C@H]1C[C@@](CNc1nc(NCc4ccccc4Cl)ncc1C#N)(C3)C2. The number of hydrogen-bond acceptors (Lipinski definition) is 9. The molecule has 42 heavy (non-hydrogen) atoms. The fourth-order valence-electron chi connectivity index (χ4n) is 8.04. The first-order valence-corrected chi connectivity index (χ1v) is 15.8. The molecule has 4 aliphatic rings. The average molecular weight is 597 g/mol. The molecule has 2 aromatic rings. The molecule has 7 atom stereocenters. The number of nitriles is 1. The Morgan fingerprint density at radius 3 is 2.52 bits per heavy atom. The summed E-state index contributed by atoms with van der Waals surface area (Å²) in [7, 11) is 0. The maximum Gasteiger partial charge on any atom is 0.224 e. The maximum absolute atomic E-state index is 10.1. The van der Waals surface area contributed by atoms with Crippen molar-refractivity contribution in [3.8, 4) is 6.07 Å². The molecule has 4 saturated carbocycles. The highest BCUT2D eigenvalue weighted by molar-refractivity contribution is 6.31. The van der Waals surface area contributed by atoms with E-state index in [0.29, 0.717) is 53.2 Å². The third-order valence-corrected chi connectivity index (χ3v) is 10.3. The zero-order chi connectivity index (χ0) is 29.7. The van der Waals surface area contributed by atoms with Crippen LogP contribution in [0.1, 0.15) is 63.0 Å². The van der Waals surface area contributed by atoms with Gasteiger partial charge in [-0.05, 0) is 92.2 Å². The highest BCUT2D eigenvalue weighted by Gasteiger charge is 2.56. The molecule has 0 saturated heterocycles. The largest absolute Gasteiger partial charge is 0.396 e. The Morgan fingerprint density at radius 1 is 1.10 bits per heavy atom. The molecular weight excluding hydrogens is 552 g/mol. The number of nitrogens with one attached hydrogen (secondary N) is 2. The predicted octanol–water partition coefficient (Wildman–Crippen LogP) is 4.28. The molecule has 5 N–H and O–H groups in total. The van der Waals surface area contributed by atoms with Crippen molar-refractivity contribution < 1.29 is 15.3 Å². The summed E-state index contributed by atoms with van der Waals surface area (Å²) >= 11 is 6.30. The van der Waals surface area contributed by atoms with Gasteiger partial charge in [0.25, 0.3) is 0 Å². The fraction of sp³-hybridized carbons (Fsp3) is 0.656. The molecule has 1 heterocycles. The van der Waals surface area contributed by atoms with E-state index < -0.39 is 6.10 Å². The van der Waals surface area contributed by atoms with E-state index in [2.05, 4.69) is 38.5 Å². The van der Waals surface area contributed by atoms with Gasteiger partial charge < -0.3 is 26.0 Å². The molecule has 4 bridgehead atoms. The molecule has 4 aliphatic carbocycles. The molecule has 1 unspecified atom stereocenters. The molecule has 9 nitrogen and oxygen atoms in total. The minimum absolute atomic E-state index is 0.171. The Morgan fingerprint density at radius 2 is 1.83 bits per heavy atom. The molecule has 0 radical (unpaired) electrons. The van der Waals surface area contributed by atoms with E-state index >= 15 is 0 Å². The van der Waals surface area contributed by atoms with Gasteiger partial charge in [0.1, 0.15) is 17.5 Å². The number of aliphatic hydroxyl groups is 3. The summed E-state index contributed by atoms with van der Waals surface area (Å²) in [5, 5.41) is 46.4. The number of benzene rings is 1. The first-order chi connectivity index (χ1) is 20.3. The second-order valence-electron chi connectivity index (χ2n) is 13.1. The molecule has 10 heteroatoms. The van der Waals surface area contributed by atoms with Gasteiger partial charge in [0.15, 0.2) is 0 Å². The lowest BCUT2D eigenvalue weighted by atomic mass is 9.47. The molecular formula is C32H45ClN6O3. The van der Waals surface area contributed by atoms with Crippen molar-refractivity contribution in [2.24, 2.45) is 29.1 Å². The second-order valence-corrected chi connectivity index (χ2v) is 13.5. The zero-order valence-electron chi connectivity index (χ0n) is 24.6. The minimum Gasteiger partial charge on any atom is -0.396 e. The molecule has 228 valence electrons. The lowest BCUT2D eigenvalue weighted by Crippen LogP contribution is -2.61. The topological polar surface area (TPSA) is 138 Å². The van der Waals surface area contributed by atoms with E-state index in [9.17, 15) is 20.6 Å². The Bertz CT molecular complexity index is 1210. The lowest BCUT2D eigenvalue weighted by Gasteiger charge is -2.62. The van der Waals surface area contributed by atoms with Gasteiger partial charge in [-0.25, -0.2) is 4.98 Å². The van der Waals surface area contributed by atoms with Crippen LogP contribution in [-0.2, 0) is 6.54 Å². The van der Waals surface area contributed by atoms with Crippen LogP contribution in [0.5, 0.6) is 0 Å². The van der Waals surface area contributed by atoms with E-state index in [4.69, 9.17) is 11.6 Å². The van der Waals surface area contributed by atoms with Crippen LogP contribution in [0.15, 0.2) is 30.5 Å². The van der Waals surface area contributed by atoms with Gasteiger partial charge in [-0.3, -0.25) is 4.90 Å². The first kappa shape index (κ1) is 31.0. The van der Waals surface area contributed by atoms with Gasteiger partial charge in [0.2, 0.25) is 5.95 Å². The molecule has 0 aliphatic heterocycles. The van der Waals surface area contributed by atoms with Crippen molar-refractivity contribution in [2.45, 2.75) is 70.6 Å². The number of rotatable bonds is 15. The highest BCUT2D eigenvalue weighted by atomic mass is 35.5. The molecule has 0 spiro atoms. The van der Waals surface area contributed by atoms with E-state index in [-0.39, 0.29) is 24.5 Å². The molecule has 1 aromatic heterocycles. The van der Waals surface area contributed by atoms with Gasteiger partial charge in [-0.2, -0.15) is 10.2 Å². The smallest absolute Gasteiger partial charge is 0.224 e. The number of aromatic nitrogens is 2. The monoisotopic (exact) mass is 596 g/mol. The number of nitrogens with zero attached hydrogens (tertiary/aromatic N) is 4. The van der Waals surface area contributed by atoms with Crippen molar-refractivity contribution in [3.05, 3.63) is 46.6 Å². The van der Waals surface area contributed by atoms with Crippen LogP contribution in [0, 0.1) is 40.4 Å². The van der Waals surface area contributed by atoms with Crippen molar-refractivity contribution in [2.75, 3.05) is 43.5 Å². The summed E-state index contributed by atoms with van der Waals surface area (Å²) in [5.74, 6) is 3.16. The third kappa shape index (κ3) is 7.17. The Kier molecular flexibility index (Phi) is 10.2. The summed E-state index contributed by atoms with van der Waals surface area (Å²) < 4.78 is 0. The number of anilines is 2. The van der Waals surface area contributed by atoms with E-state index in [0.717, 1.165) is 50.4 Å². The van der Waals surface area contributed by atoms with Gasteiger partial charge in [0.05, 0.1) is 18.9 Å². The second kappa shape index (κ2) is 13.9. The minimum atomic E-state index is -0.693. The lowest BCUT2D eigenvalue weighted by molar-refractivity contribution is -0.109. The Labute approximate surface area is 254 Å². The normalized spacial score (nSPS) is 27.5. The van der Waals surface area contributed by atoms with Gasteiger partial charge in [-0.1, -0.05) is 36.7 Å². The zero-order valence-corrected chi connectivity index (χ0v) is 25.3. The van der Waals surface area contributed by atoms with Crippen molar-refractivity contribution >= 4 is 23.4 Å². The molecule has 0 amide bonds. The number of halogens is 1. The molecule has 6 rings (SSSR count). The quantitative estimate of drug-likeness (QED) is 0.204. The summed E-state index contributed by atoms with van der Waals surface area (Å²) in [6.45, 7) is 5.01. The standard InChI is InChI=1S/C32H45ClN6O3/c1-21(18-40)6-8-39(9-7-27(42)19-41)29-24-10-22-11-25(29)14-32(12-22,13-24)20-37-30-26(15-34)17-36-31(38-30)35-16-23-4-2-3-5-28(23)33/h2-5,17,21-22,24-25,27,29,40-42H,6-14,16,18-20H2,1H3,(H2,35,36,37,38)/t21-,22?,24-,25+,27-,29-,32-/m0/s1. The van der Waals surface area contributed by atoms with E-state index in [1.165, 1.54) is 19.3 Å². The summed E-state index contributed by atoms with van der Waals surface area (Å²) in [6.07, 6.45) is 8.33. The van der Waals surface area contributed by atoms with Crippen LogP contribution in [-0.4, -0.2) is 75.2 Å². The fourth-order valence-corrected chi connectivity index (χ4v) is 8.25. The third-order valence-electron chi connectivity index (χ3n) is 9.89.